The molecule has 2 heterocycles. The molecule has 21 heavy (non-hydrogen) atoms. The van der Waals surface area contributed by atoms with Crippen LogP contribution in [0, 0.1) is 0 Å². The summed E-state index contributed by atoms with van der Waals surface area (Å²) in [6.45, 7) is -1.24. The van der Waals surface area contributed by atoms with Gasteiger partial charge in [0.1, 0.15) is 18.2 Å². The number of carbonyl (C=O) groups is 1. The number of aliphatic hydroxyl groups excluding tert-OH is 2. The van der Waals surface area contributed by atoms with Gasteiger partial charge in [-0.15, -0.1) is 0 Å². The summed E-state index contributed by atoms with van der Waals surface area (Å²) in [4.78, 5) is 13.6. The van der Waals surface area contributed by atoms with Gasteiger partial charge in [-0.25, -0.2) is 4.79 Å². The first-order chi connectivity index (χ1) is 9.66. The van der Waals surface area contributed by atoms with E-state index in [2.05, 4.69) is 0 Å². The van der Waals surface area contributed by atoms with E-state index >= 15 is 0 Å². The summed E-state index contributed by atoms with van der Waals surface area (Å²) in [6, 6.07) is -0.753. The number of hydrogen-bond donors (Lipinski definition) is 3. The molecule has 120 valence electrons. The van der Waals surface area contributed by atoms with Gasteiger partial charge in [-0.2, -0.15) is 13.2 Å². The zero-order valence-corrected chi connectivity index (χ0v) is 11.2. The van der Waals surface area contributed by atoms with Gasteiger partial charge >= 0.3 is 12.2 Å². The maximum Gasteiger partial charge on any atom is 0.417 e. The number of hydrogen-bond acceptors (Lipinski definition) is 5. The minimum Gasteiger partial charge on any atom is -0.394 e. The fraction of sp³-hybridized carbons (Fsp3) is 0.727. The number of aliphatic hydroxyl groups is 2. The van der Waals surface area contributed by atoms with Crippen LogP contribution in [0.2, 0.25) is 0 Å². The molecular weight excluding hydrogens is 295 g/mol. The van der Waals surface area contributed by atoms with Crippen molar-refractivity contribution in [1.82, 2.24) is 9.80 Å². The number of alkyl halides is 3. The lowest BCUT2D eigenvalue weighted by Crippen LogP contribution is -2.54. The van der Waals surface area contributed by atoms with Crippen molar-refractivity contribution in [2.24, 2.45) is 5.73 Å². The van der Waals surface area contributed by atoms with E-state index in [0.717, 1.165) is 11.9 Å². The van der Waals surface area contributed by atoms with Gasteiger partial charge in [0, 0.05) is 13.5 Å². The Morgan fingerprint density at radius 3 is 2.57 bits per heavy atom. The lowest BCUT2D eigenvalue weighted by atomic mass is 10.1. The van der Waals surface area contributed by atoms with E-state index in [4.69, 9.17) is 15.6 Å². The van der Waals surface area contributed by atoms with Crippen LogP contribution < -0.4 is 5.73 Å². The van der Waals surface area contributed by atoms with Crippen molar-refractivity contribution in [3.63, 3.8) is 0 Å². The summed E-state index contributed by atoms with van der Waals surface area (Å²) in [5.74, 6) is -0.652. The summed E-state index contributed by atoms with van der Waals surface area (Å²) < 4.78 is 44.0. The van der Waals surface area contributed by atoms with Crippen molar-refractivity contribution in [3.8, 4) is 0 Å². The van der Waals surface area contributed by atoms with E-state index in [-0.39, 0.29) is 6.42 Å². The van der Waals surface area contributed by atoms with Gasteiger partial charge in [0.05, 0.1) is 24.8 Å². The second kappa shape index (κ2) is 5.35. The molecule has 2 rings (SSSR count). The van der Waals surface area contributed by atoms with Gasteiger partial charge in [0.2, 0.25) is 0 Å². The zero-order valence-electron chi connectivity index (χ0n) is 11.2. The molecule has 1 saturated heterocycles. The number of nitrogens with zero attached hydrogens (tertiary/aromatic N) is 2. The van der Waals surface area contributed by atoms with Crippen LogP contribution in [0.1, 0.15) is 6.42 Å². The first kappa shape index (κ1) is 15.9. The molecule has 0 bridgehead atoms. The lowest BCUT2D eigenvalue weighted by molar-refractivity contribution is -0.108. The molecule has 4 N–H and O–H groups in total. The highest BCUT2D eigenvalue weighted by Gasteiger charge is 2.47. The van der Waals surface area contributed by atoms with E-state index in [0.29, 0.717) is 4.90 Å². The minimum absolute atomic E-state index is 0.0736. The van der Waals surface area contributed by atoms with Crippen molar-refractivity contribution < 1.29 is 32.9 Å². The van der Waals surface area contributed by atoms with Crippen molar-refractivity contribution in [2.75, 3.05) is 20.2 Å². The Kier molecular flexibility index (Phi) is 4.04. The number of amides is 2. The van der Waals surface area contributed by atoms with Crippen molar-refractivity contribution in [1.29, 1.82) is 0 Å². The molecule has 0 saturated carbocycles. The first-order valence-electron chi connectivity index (χ1n) is 6.21. The number of rotatable bonds is 2. The van der Waals surface area contributed by atoms with Crippen molar-refractivity contribution in [3.05, 3.63) is 11.4 Å². The predicted octanol–water partition coefficient (Wildman–Crippen LogP) is -0.445. The van der Waals surface area contributed by atoms with Crippen LogP contribution in [0.3, 0.4) is 0 Å². The van der Waals surface area contributed by atoms with Gasteiger partial charge in [0.15, 0.2) is 0 Å². The number of carbonyl (C=O) groups excluding carboxylic acids is 1. The van der Waals surface area contributed by atoms with E-state index in [1.807, 2.05) is 0 Å². The van der Waals surface area contributed by atoms with Gasteiger partial charge in [-0.05, 0) is 0 Å². The Morgan fingerprint density at radius 2 is 2.10 bits per heavy atom. The molecule has 2 amide bonds. The van der Waals surface area contributed by atoms with Crippen LogP contribution in [-0.2, 0) is 4.74 Å². The zero-order chi connectivity index (χ0) is 15.9. The summed E-state index contributed by atoms with van der Waals surface area (Å²) in [5, 5.41) is 18.6. The molecule has 0 aromatic heterocycles. The summed E-state index contributed by atoms with van der Waals surface area (Å²) in [7, 11) is 1.13. The Morgan fingerprint density at radius 1 is 1.48 bits per heavy atom. The highest BCUT2D eigenvalue weighted by Crippen LogP contribution is 2.34. The predicted molar refractivity (Wildman–Crippen MR) is 63.5 cm³/mol. The first-order valence-corrected chi connectivity index (χ1v) is 6.21. The Labute approximate surface area is 118 Å². The quantitative estimate of drug-likeness (QED) is 0.642. The van der Waals surface area contributed by atoms with Crippen LogP contribution in [0.15, 0.2) is 11.4 Å². The second-order valence-electron chi connectivity index (χ2n) is 4.95. The van der Waals surface area contributed by atoms with Crippen LogP contribution in [0.4, 0.5) is 18.0 Å². The average Bonchev–Trinajstić information content (AvgIpc) is 2.75. The van der Waals surface area contributed by atoms with E-state index < -0.39 is 55.2 Å². The van der Waals surface area contributed by atoms with Crippen molar-refractivity contribution in [2.45, 2.75) is 31.0 Å². The number of halogens is 3. The Hall–Kier alpha value is -1.52. The summed E-state index contributed by atoms with van der Waals surface area (Å²) in [6.07, 6.45) is -7.76. The van der Waals surface area contributed by atoms with Gasteiger partial charge in [-0.1, -0.05) is 0 Å². The second-order valence-corrected chi connectivity index (χ2v) is 4.95. The van der Waals surface area contributed by atoms with Gasteiger partial charge < -0.3 is 20.7 Å². The third-order valence-electron chi connectivity index (χ3n) is 3.61. The van der Waals surface area contributed by atoms with Gasteiger partial charge in [-0.3, -0.25) is 9.80 Å². The third kappa shape index (κ3) is 2.78. The summed E-state index contributed by atoms with van der Waals surface area (Å²) in [5.41, 5.74) is 4.30. The topological polar surface area (TPSA) is 99.3 Å². The van der Waals surface area contributed by atoms with Gasteiger partial charge in [0.25, 0.3) is 0 Å². The molecule has 3 atom stereocenters. The lowest BCUT2D eigenvalue weighted by Gasteiger charge is -2.38. The molecular formula is C11H16F3N3O4. The molecule has 0 spiro atoms. The number of ether oxygens (including phenoxy) is 1. The van der Waals surface area contributed by atoms with Crippen LogP contribution >= 0.6 is 0 Å². The highest BCUT2D eigenvalue weighted by molar-refractivity contribution is 5.78. The molecule has 0 aromatic carbocycles. The van der Waals surface area contributed by atoms with Crippen molar-refractivity contribution >= 4 is 6.03 Å². The molecule has 1 fully saturated rings. The molecule has 10 heteroatoms. The van der Waals surface area contributed by atoms with Crippen LogP contribution in [-0.4, -0.2) is 70.9 Å². The fourth-order valence-electron chi connectivity index (χ4n) is 2.35. The fourth-order valence-corrected chi connectivity index (χ4v) is 2.35. The summed E-state index contributed by atoms with van der Waals surface area (Å²) >= 11 is 0. The average molecular weight is 311 g/mol. The van der Waals surface area contributed by atoms with E-state index in [1.54, 1.807) is 0 Å². The van der Waals surface area contributed by atoms with E-state index in [9.17, 15) is 23.1 Å². The highest BCUT2D eigenvalue weighted by atomic mass is 19.4. The minimum atomic E-state index is -4.68. The standard InChI is InChI=1S/C11H16F3N3O4/c1-16-9(15)5(11(12,13)14)3-17(10(16)20)8-2-6(19)7(4-18)21-8/h6-8,18-19H,2-4,15H2,1H3/t6?,7-,8-/m1/s1. The molecule has 7 nitrogen and oxygen atoms in total. The smallest absolute Gasteiger partial charge is 0.394 e. The normalized spacial score (nSPS) is 31.3. The molecule has 0 radical (unpaired) electrons. The molecule has 2 aliphatic heterocycles. The molecule has 2 aliphatic rings. The van der Waals surface area contributed by atoms with Crippen LogP contribution in [0.5, 0.6) is 0 Å². The molecule has 0 aromatic rings. The SMILES string of the molecule is CN1C(=O)N([C@H]2CC(O)[C@@H](CO)O2)CC(C(F)(F)F)=C1N. The number of urea groups is 1. The molecule has 1 unspecified atom stereocenters. The van der Waals surface area contributed by atoms with Crippen LogP contribution in [0.25, 0.3) is 0 Å². The molecule has 0 aliphatic carbocycles. The largest absolute Gasteiger partial charge is 0.417 e. The third-order valence-corrected chi connectivity index (χ3v) is 3.61. The van der Waals surface area contributed by atoms with E-state index in [1.165, 1.54) is 0 Å². The number of nitrogens with two attached hydrogens (primary N) is 1. The maximum atomic E-state index is 12.9. The Bertz CT molecular complexity index is 468. The Balaban J connectivity index is 2.25. The monoisotopic (exact) mass is 311 g/mol. The maximum absolute atomic E-state index is 12.9.